The van der Waals surface area contributed by atoms with Crippen molar-refractivity contribution in [3.8, 4) is 66.8 Å². The second-order valence-corrected chi connectivity index (χ2v) is 15.2. The predicted molar refractivity (Wildman–Crippen MR) is 208 cm³/mol. The van der Waals surface area contributed by atoms with Crippen LogP contribution in [-0.2, 0) is 10.8 Å². The Morgan fingerprint density at radius 3 is 1.54 bits per heavy atom. The van der Waals surface area contributed by atoms with Crippen molar-refractivity contribution in [2.75, 3.05) is 0 Å². The van der Waals surface area contributed by atoms with Gasteiger partial charge in [-0.1, -0.05) is 153 Å². The Morgan fingerprint density at radius 2 is 0.820 bits per heavy atom. The SMILES string of the molecule is CC1(C)c2ccccc2-c2ccc(-c3ccc4c(c3)C3(c5ccccc5-4)c4ccccc4-c4c3cc3c5c(cccc45)-c4ccccc4-3)cc21. The van der Waals surface area contributed by atoms with E-state index in [-0.39, 0.29) is 5.41 Å². The fraction of sp³-hybridized carbons (Fsp3) is 0.0800. The Morgan fingerprint density at radius 1 is 0.320 bits per heavy atom. The van der Waals surface area contributed by atoms with Gasteiger partial charge in [0.25, 0.3) is 0 Å². The molecule has 0 bridgehead atoms. The first kappa shape index (κ1) is 26.9. The maximum absolute atomic E-state index is 2.57. The van der Waals surface area contributed by atoms with Crippen LogP contribution >= 0.6 is 0 Å². The lowest BCUT2D eigenvalue weighted by Gasteiger charge is -2.31. The second-order valence-electron chi connectivity index (χ2n) is 15.2. The molecule has 0 N–H and O–H groups in total. The highest BCUT2D eigenvalue weighted by Gasteiger charge is 2.52. The average molecular weight is 633 g/mol. The van der Waals surface area contributed by atoms with Gasteiger partial charge in [-0.2, -0.15) is 0 Å². The van der Waals surface area contributed by atoms with Crippen LogP contribution < -0.4 is 0 Å². The third-order valence-corrected chi connectivity index (χ3v) is 12.6. The minimum atomic E-state index is -0.418. The molecule has 0 radical (unpaired) electrons. The minimum Gasteiger partial charge on any atom is -0.0619 e. The lowest BCUT2D eigenvalue weighted by molar-refractivity contribution is 0.660. The zero-order chi connectivity index (χ0) is 32.9. The van der Waals surface area contributed by atoms with E-state index in [0.717, 1.165) is 0 Å². The van der Waals surface area contributed by atoms with Crippen LogP contribution in [0.15, 0.2) is 158 Å². The van der Waals surface area contributed by atoms with Gasteiger partial charge < -0.3 is 0 Å². The molecule has 0 saturated carbocycles. The van der Waals surface area contributed by atoms with Crippen LogP contribution in [0.3, 0.4) is 0 Å². The van der Waals surface area contributed by atoms with Gasteiger partial charge in [-0.3, -0.25) is 0 Å². The second kappa shape index (κ2) is 8.97. The molecule has 0 saturated heterocycles. The first-order chi connectivity index (χ1) is 24.6. The minimum absolute atomic E-state index is 0.0433. The van der Waals surface area contributed by atoms with E-state index >= 15 is 0 Å². The summed E-state index contributed by atoms with van der Waals surface area (Å²) in [6, 6.07) is 60.3. The summed E-state index contributed by atoms with van der Waals surface area (Å²) >= 11 is 0. The van der Waals surface area contributed by atoms with E-state index < -0.39 is 5.41 Å². The van der Waals surface area contributed by atoms with E-state index in [1.165, 1.54) is 111 Å². The van der Waals surface area contributed by atoms with Crippen molar-refractivity contribution in [1.82, 2.24) is 0 Å². The highest BCUT2D eigenvalue weighted by Crippen LogP contribution is 2.66. The van der Waals surface area contributed by atoms with Gasteiger partial charge in [-0.15, -0.1) is 0 Å². The molecule has 1 atom stereocenters. The maximum Gasteiger partial charge on any atom is 0.0726 e. The zero-order valence-electron chi connectivity index (χ0n) is 28.0. The molecule has 232 valence electrons. The van der Waals surface area contributed by atoms with E-state index in [9.17, 15) is 0 Å². The summed E-state index contributed by atoms with van der Waals surface area (Å²) in [5.41, 5.74) is 24.0. The van der Waals surface area contributed by atoms with Crippen molar-refractivity contribution < 1.29 is 0 Å². The number of fused-ring (bicyclic) bond motifs is 17. The van der Waals surface area contributed by atoms with E-state index in [1.54, 1.807) is 0 Å². The summed E-state index contributed by atoms with van der Waals surface area (Å²) in [5.74, 6) is 0. The molecule has 1 unspecified atom stereocenters. The highest BCUT2D eigenvalue weighted by molar-refractivity contribution is 6.21. The third kappa shape index (κ3) is 2.98. The number of hydrogen-bond acceptors (Lipinski definition) is 0. The molecule has 0 nitrogen and oxygen atoms in total. The lowest BCUT2D eigenvalue weighted by atomic mass is 9.69. The van der Waals surface area contributed by atoms with Gasteiger partial charge in [0.1, 0.15) is 0 Å². The Balaban J connectivity index is 1.16. The molecular weight excluding hydrogens is 601 g/mol. The first-order valence-electron chi connectivity index (χ1n) is 17.9. The largest absolute Gasteiger partial charge is 0.0726 e. The molecule has 4 aliphatic rings. The molecular formula is C50H32. The molecule has 0 aromatic heterocycles. The van der Waals surface area contributed by atoms with Gasteiger partial charge in [0, 0.05) is 5.41 Å². The molecule has 8 aromatic rings. The first-order valence-corrected chi connectivity index (χ1v) is 17.9. The monoisotopic (exact) mass is 632 g/mol. The standard InChI is InChI=1S/C50H32/c1-49(2)41-19-8-5-14-33(41)35-24-22-29(26-44(35)49)30-23-25-36-34-15-6-9-20-42(34)50(45(36)27-30)43-21-10-7-16-38(43)48-39-18-11-17-37-31-12-3-4-13-32(31)40(47(37)39)28-46(48)50/h3-28H,1-2H3. The fourth-order valence-electron chi connectivity index (χ4n) is 10.6. The lowest BCUT2D eigenvalue weighted by Crippen LogP contribution is -2.26. The molecule has 0 amide bonds. The summed E-state index contributed by atoms with van der Waals surface area (Å²) in [6.45, 7) is 4.75. The quantitative estimate of drug-likeness (QED) is 0.169. The molecule has 1 spiro atoms. The Labute approximate surface area is 292 Å². The summed E-state index contributed by atoms with van der Waals surface area (Å²) < 4.78 is 0. The van der Waals surface area contributed by atoms with Crippen molar-refractivity contribution in [2.45, 2.75) is 24.7 Å². The van der Waals surface area contributed by atoms with Gasteiger partial charge in [-0.05, 0) is 129 Å². The summed E-state index contributed by atoms with van der Waals surface area (Å²) in [4.78, 5) is 0. The normalized spacial score (nSPS) is 17.2. The van der Waals surface area contributed by atoms with E-state index in [1.807, 2.05) is 0 Å². The van der Waals surface area contributed by atoms with Crippen LogP contribution in [0.25, 0.3) is 77.5 Å². The van der Waals surface area contributed by atoms with Gasteiger partial charge in [0.05, 0.1) is 5.41 Å². The van der Waals surface area contributed by atoms with Crippen molar-refractivity contribution in [3.63, 3.8) is 0 Å². The van der Waals surface area contributed by atoms with E-state index in [4.69, 9.17) is 0 Å². The molecule has 50 heavy (non-hydrogen) atoms. The molecule has 8 aromatic carbocycles. The van der Waals surface area contributed by atoms with Crippen molar-refractivity contribution >= 4 is 10.8 Å². The predicted octanol–water partition coefficient (Wildman–Crippen LogP) is 12.8. The fourth-order valence-corrected chi connectivity index (χ4v) is 10.6. The van der Waals surface area contributed by atoms with Gasteiger partial charge in [0.2, 0.25) is 0 Å². The number of rotatable bonds is 1. The summed E-state index contributed by atoms with van der Waals surface area (Å²) in [5, 5.41) is 2.75. The Kier molecular flexibility index (Phi) is 4.83. The van der Waals surface area contributed by atoms with Gasteiger partial charge >= 0.3 is 0 Å². The van der Waals surface area contributed by atoms with Crippen LogP contribution in [-0.4, -0.2) is 0 Å². The van der Waals surface area contributed by atoms with E-state index in [2.05, 4.69) is 172 Å². The molecule has 0 aliphatic heterocycles. The third-order valence-electron chi connectivity index (χ3n) is 12.6. The van der Waals surface area contributed by atoms with Gasteiger partial charge in [-0.25, -0.2) is 0 Å². The summed E-state index contributed by atoms with van der Waals surface area (Å²) in [7, 11) is 0. The highest BCUT2D eigenvalue weighted by atomic mass is 14.5. The molecule has 4 aliphatic carbocycles. The summed E-state index contributed by atoms with van der Waals surface area (Å²) in [6.07, 6.45) is 0. The maximum atomic E-state index is 2.57. The molecule has 0 heterocycles. The zero-order valence-corrected chi connectivity index (χ0v) is 28.0. The van der Waals surface area contributed by atoms with Crippen LogP contribution in [0.1, 0.15) is 47.2 Å². The molecule has 0 fully saturated rings. The van der Waals surface area contributed by atoms with Crippen molar-refractivity contribution in [3.05, 3.63) is 191 Å². The van der Waals surface area contributed by atoms with Crippen LogP contribution in [0, 0.1) is 0 Å². The number of benzene rings is 8. The molecule has 12 rings (SSSR count). The topological polar surface area (TPSA) is 0 Å². The molecule has 0 heteroatoms. The van der Waals surface area contributed by atoms with Crippen molar-refractivity contribution in [1.29, 1.82) is 0 Å². The van der Waals surface area contributed by atoms with E-state index in [0.29, 0.717) is 0 Å². The smallest absolute Gasteiger partial charge is 0.0619 e. The Hall–Kier alpha value is -5.98. The van der Waals surface area contributed by atoms with Crippen LogP contribution in [0.2, 0.25) is 0 Å². The Bertz CT molecular complexity index is 2840. The average Bonchev–Trinajstić information content (AvgIpc) is 3.83. The van der Waals surface area contributed by atoms with Crippen LogP contribution in [0.5, 0.6) is 0 Å². The number of hydrogen-bond donors (Lipinski definition) is 0. The van der Waals surface area contributed by atoms with Crippen molar-refractivity contribution in [2.24, 2.45) is 0 Å². The van der Waals surface area contributed by atoms with Crippen LogP contribution in [0.4, 0.5) is 0 Å². The van der Waals surface area contributed by atoms with Gasteiger partial charge in [0.15, 0.2) is 0 Å².